The molecular formula is C16H22O. The van der Waals surface area contributed by atoms with E-state index in [2.05, 4.69) is 24.3 Å². The Labute approximate surface area is 104 Å². The zero-order chi connectivity index (χ0) is 11.9. The van der Waals surface area contributed by atoms with Crippen LogP contribution in [0.4, 0.5) is 0 Å². The third kappa shape index (κ3) is 3.99. The summed E-state index contributed by atoms with van der Waals surface area (Å²) in [6.07, 6.45) is 8.94. The van der Waals surface area contributed by atoms with E-state index in [9.17, 15) is 4.79 Å². The minimum absolute atomic E-state index is 0.409. The molecule has 92 valence electrons. The van der Waals surface area contributed by atoms with Crippen LogP contribution in [0.25, 0.3) is 0 Å². The molecule has 1 nitrogen and oxygen atoms in total. The molecule has 1 heteroatoms. The van der Waals surface area contributed by atoms with Gasteiger partial charge in [-0.2, -0.15) is 0 Å². The Hall–Kier alpha value is -1.11. The Morgan fingerprint density at radius 1 is 1.06 bits per heavy atom. The summed E-state index contributed by atoms with van der Waals surface area (Å²) >= 11 is 0. The lowest BCUT2D eigenvalue weighted by Crippen LogP contribution is -2.10. The summed E-state index contributed by atoms with van der Waals surface area (Å²) in [5.74, 6) is 0.933. The van der Waals surface area contributed by atoms with Crippen molar-refractivity contribution in [1.82, 2.24) is 0 Å². The molecule has 0 radical (unpaired) electrons. The van der Waals surface area contributed by atoms with Crippen molar-refractivity contribution in [1.29, 1.82) is 0 Å². The van der Waals surface area contributed by atoms with Gasteiger partial charge in [-0.3, -0.25) is 4.79 Å². The van der Waals surface area contributed by atoms with Crippen LogP contribution < -0.4 is 0 Å². The molecule has 0 heterocycles. The monoisotopic (exact) mass is 230 g/mol. The van der Waals surface area contributed by atoms with Crippen LogP contribution in [-0.4, -0.2) is 5.78 Å². The molecule has 1 aliphatic carbocycles. The molecule has 1 saturated carbocycles. The predicted octanol–water partition coefficient (Wildman–Crippen LogP) is 4.16. The van der Waals surface area contributed by atoms with Crippen molar-refractivity contribution in [3.63, 3.8) is 0 Å². The maximum atomic E-state index is 11.9. The zero-order valence-corrected chi connectivity index (χ0v) is 10.5. The van der Waals surface area contributed by atoms with Gasteiger partial charge in [-0.1, -0.05) is 43.2 Å². The first-order valence-electron chi connectivity index (χ1n) is 6.93. The van der Waals surface area contributed by atoms with Crippen LogP contribution in [0.3, 0.4) is 0 Å². The molecule has 0 saturated heterocycles. The standard InChI is InChI=1S/C16H22O/c17-16(15-11-5-6-12-15)13-7-4-10-14-8-2-1-3-9-14/h1-3,8-9,15H,4-7,10-13H2. The third-order valence-electron chi connectivity index (χ3n) is 3.79. The van der Waals surface area contributed by atoms with Crippen molar-refractivity contribution in [3.05, 3.63) is 35.9 Å². The number of unbranched alkanes of at least 4 members (excludes halogenated alkanes) is 1. The molecule has 1 aliphatic rings. The molecule has 2 rings (SSSR count). The van der Waals surface area contributed by atoms with E-state index < -0.39 is 0 Å². The number of rotatable bonds is 6. The predicted molar refractivity (Wildman–Crippen MR) is 71.0 cm³/mol. The zero-order valence-electron chi connectivity index (χ0n) is 10.5. The van der Waals surface area contributed by atoms with Crippen LogP contribution in [0.2, 0.25) is 0 Å². The number of carbonyl (C=O) groups is 1. The van der Waals surface area contributed by atoms with Crippen molar-refractivity contribution in [2.24, 2.45) is 5.92 Å². The lowest BCUT2D eigenvalue weighted by Gasteiger charge is -2.07. The Bertz CT molecular complexity index is 336. The van der Waals surface area contributed by atoms with Gasteiger partial charge in [0.25, 0.3) is 0 Å². The summed E-state index contributed by atoms with van der Waals surface area (Å²) in [4.78, 5) is 11.9. The lowest BCUT2D eigenvalue weighted by molar-refractivity contribution is -0.122. The fourth-order valence-electron chi connectivity index (χ4n) is 2.72. The van der Waals surface area contributed by atoms with Crippen LogP contribution in [0.5, 0.6) is 0 Å². The van der Waals surface area contributed by atoms with E-state index in [1.807, 2.05) is 6.07 Å². The summed E-state index contributed by atoms with van der Waals surface area (Å²) in [6, 6.07) is 10.5. The van der Waals surface area contributed by atoms with Gasteiger partial charge in [-0.25, -0.2) is 0 Å². The minimum atomic E-state index is 0.409. The minimum Gasteiger partial charge on any atom is -0.299 e. The first-order chi connectivity index (χ1) is 8.36. The van der Waals surface area contributed by atoms with E-state index in [0.29, 0.717) is 11.7 Å². The number of aryl methyl sites for hydroxylation is 1. The second-order valence-corrected chi connectivity index (χ2v) is 5.14. The topological polar surface area (TPSA) is 17.1 Å². The number of hydrogen-bond acceptors (Lipinski definition) is 1. The lowest BCUT2D eigenvalue weighted by atomic mass is 9.97. The third-order valence-corrected chi connectivity index (χ3v) is 3.79. The van der Waals surface area contributed by atoms with Gasteiger partial charge in [0.1, 0.15) is 5.78 Å². The summed E-state index contributed by atoms with van der Waals surface area (Å²) in [5.41, 5.74) is 1.39. The van der Waals surface area contributed by atoms with Crippen LogP contribution in [0.1, 0.15) is 50.5 Å². The van der Waals surface area contributed by atoms with Crippen LogP contribution in [0.15, 0.2) is 30.3 Å². The van der Waals surface area contributed by atoms with Crippen LogP contribution in [-0.2, 0) is 11.2 Å². The van der Waals surface area contributed by atoms with Crippen molar-refractivity contribution in [2.75, 3.05) is 0 Å². The number of benzene rings is 1. The maximum Gasteiger partial charge on any atom is 0.135 e. The quantitative estimate of drug-likeness (QED) is 0.671. The average Bonchev–Trinajstić information content (AvgIpc) is 2.89. The molecule has 0 aliphatic heterocycles. The van der Waals surface area contributed by atoms with E-state index in [-0.39, 0.29) is 0 Å². The van der Waals surface area contributed by atoms with E-state index in [4.69, 9.17) is 0 Å². The van der Waals surface area contributed by atoms with E-state index >= 15 is 0 Å². The highest BCUT2D eigenvalue weighted by Crippen LogP contribution is 2.27. The largest absolute Gasteiger partial charge is 0.299 e. The van der Waals surface area contributed by atoms with Gasteiger partial charge >= 0.3 is 0 Å². The van der Waals surface area contributed by atoms with E-state index in [1.54, 1.807) is 0 Å². The fourth-order valence-corrected chi connectivity index (χ4v) is 2.72. The highest BCUT2D eigenvalue weighted by atomic mass is 16.1. The molecule has 0 spiro atoms. The molecule has 0 N–H and O–H groups in total. The Morgan fingerprint density at radius 3 is 2.47 bits per heavy atom. The molecule has 0 bridgehead atoms. The maximum absolute atomic E-state index is 11.9. The van der Waals surface area contributed by atoms with Crippen molar-refractivity contribution >= 4 is 5.78 Å². The van der Waals surface area contributed by atoms with Crippen LogP contribution in [0, 0.1) is 5.92 Å². The van der Waals surface area contributed by atoms with Crippen molar-refractivity contribution in [3.8, 4) is 0 Å². The van der Waals surface area contributed by atoms with Crippen molar-refractivity contribution < 1.29 is 4.79 Å². The van der Waals surface area contributed by atoms with Crippen LogP contribution >= 0.6 is 0 Å². The molecule has 1 aromatic carbocycles. The Morgan fingerprint density at radius 2 is 1.76 bits per heavy atom. The van der Waals surface area contributed by atoms with Gasteiger partial charge in [0, 0.05) is 12.3 Å². The van der Waals surface area contributed by atoms with E-state index in [0.717, 1.165) is 38.5 Å². The molecule has 0 atom stereocenters. The van der Waals surface area contributed by atoms with Gasteiger partial charge in [-0.05, 0) is 37.7 Å². The fraction of sp³-hybridized carbons (Fsp3) is 0.562. The van der Waals surface area contributed by atoms with Gasteiger partial charge < -0.3 is 0 Å². The van der Waals surface area contributed by atoms with E-state index in [1.165, 1.54) is 18.4 Å². The molecule has 0 unspecified atom stereocenters. The van der Waals surface area contributed by atoms with Gasteiger partial charge in [0.2, 0.25) is 0 Å². The number of hydrogen-bond donors (Lipinski definition) is 0. The summed E-state index contributed by atoms with van der Waals surface area (Å²) < 4.78 is 0. The molecule has 0 amide bonds. The SMILES string of the molecule is O=C(CCCCc1ccccc1)C1CCCC1. The Balaban J connectivity index is 1.61. The highest BCUT2D eigenvalue weighted by molar-refractivity contribution is 5.81. The first kappa shape index (κ1) is 12.3. The summed E-state index contributed by atoms with van der Waals surface area (Å²) in [5, 5.41) is 0. The molecule has 0 aromatic heterocycles. The number of Topliss-reactive ketones (excluding diaryl/α,β-unsaturated/α-hetero) is 1. The van der Waals surface area contributed by atoms with Crippen molar-refractivity contribution in [2.45, 2.75) is 51.4 Å². The second kappa shape index (κ2) is 6.58. The van der Waals surface area contributed by atoms with Gasteiger partial charge in [-0.15, -0.1) is 0 Å². The van der Waals surface area contributed by atoms with Gasteiger partial charge in [0.15, 0.2) is 0 Å². The molecular weight excluding hydrogens is 208 g/mol. The van der Waals surface area contributed by atoms with Gasteiger partial charge in [0.05, 0.1) is 0 Å². The smallest absolute Gasteiger partial charge is 0.135 e. The second-order valence-electron chi connectivity index (χ2n) is 5.14. The molecule has 1 aromatic rings. The normalized spacial score (nSPS) is 16.2. The number of ketones is 1. The molecule has 17 heavy (non-hydrogen) atoms. The highest BCUT2D eigenvalue weighted by Gasteiger charge is 2.21. The number of carbonyl (C=O) groups excluding carboxylic acids is 1. The molecule has 1 fully saturated rings. The first-order valence-corrected chi connectivity index (χ1v) is 6.93. The Kier molecular flexibility index (Phi) is 4.78. The summed E-state index contributed by atoms with van der Waals surface area (Å²) in [7, 11) is 0. The average molecular weight is 230 g/mol. The summed E-state index contributed by atoms with van der Waals surface area (Å²) in [6.45, 7) is 0.